The molecule has 0 aliphatic rings. The lowest BCUT2D eigenvalue weighted by Crippen LogP contribution is -2.06. The van der Waals surface area contributed by atoms with Crippen LogP contribution in [-0.4, -0.2) is 17.6 Å². The molecule has 0 bridgehead atoms. The first-order valence-electron chi connectivity index (χ1n) is 7.27. The molecule has 1 aromatic carbocycles. The quantitative estimate of drug-likeness (QED) is 0.472. The van der Waals surface area contributed by atoms with Crippen LogP contribution in [0, 0.1) is 11.3 Å². The van der Waals surface area contributed by atoms with Gasteiger partial charge >= 0.3 is 12.1 Å². The van der Waals surface area contributed by atoms with E-state index in [1.165, 1.54) is 12.1 Å². The Balaban J connectivity index is 2.22. The minimum absolute atomic E-state index is 0.137. The van der Waals surface area contributed by atoms with E-state index in [2.05, 4.69) is 4.98 Å². The van der Waals surface area contributed by atoms with Gasteiger partial charge in [0.15, 0.2) is 0 Å². The van der Waals surface area contributed by atoms with Crippen LogP contribution in [0.1, 0.15) is 18.1 Å². The smallest absolute Gasteiger partial charge is 0.417 e. The van der Waals surface area contributed by atoms with Gasteiger partial charge in [0.2, 0.25) is 0 Å². The van der Waals surface area contributed by atoms with E-state index in [4.69, 9.17) is 10.00 Å². The largest absolute Gasteiger partial charge is 0.462 e. The molecule has 1 heterocycles. The van der Waals surface area contributed by atoms with Gasteiger partial charge in [0.1, 0.15) is 11.6 Å². The Kier molecular flexibility index (Phi) is 5.55. The van der Waals surface area contributed by atoms with Gasteiger partial charge in [0.25, 0.3) is 0 Å². The Bertz CT molecular complexity index is 817. The fourth-order valence-electron chi connectivity index (χ4n) is 1.99. The molecule has 0 N–H and O–H groups in total. The van der Waals surface area contributed by atoms with Crippen molar-refractivity contribution in [3.05, 3.63) is 59.3 Å². The molecule has 0 unspecified atom stereocenters. The van der Waals surface area contributed by atoms with E-state index in [0.29, 0.717) is 16.8 Å². The number of nitriles is 1. The molecular formula is C18H13F3N2O2. The zero-order valence-corrected chi connectivity index (χ0v) is 13.2. The molecule has 0 spiro atoms. The first kappa shape index (κ1) is 18.2. The first-order chi connectivity index (χ1) is 11.8. The second kappa shape index (κ2) is 7.62. The number of hydrogen-bond acceptors (Lipinski definition) is 4. The fourth-order valence-corrected chi connectivity index (χ4v) is 1.99. The molecule has 4 nitrogen and oxygen atoms in total. The Labute approximate surface area is 142 Å². The SMILES string of the molecule is CCOC(=O)C(C#N)=Cc1ccc(-c2ccc(C(F)(F)F)cn2)cc1. The van der Waals surface area contributed by atoms with Crippen molar-refractivity contribution in [1.29, 1.82) is 5.26 Å². The summed E-state index contributed by atoms with van der Waals surface area (Å²) in [5, 5.41) is 8.99. The van der Waals surface area contributed by atoms with Crippen molar-refractivity contribution in [1.82, 2.24) is 4.98 Å². The van der Waals surface area contributed by atoms with Gasteiger partial charge in [-0.1, -0.05) is 24.3 Å². The number of hydrogen-bond donors (Lipinski definition) is 0. The molecule has 25 heavy (non-hydrogen) atoms. The lowest BCUT2D eigenvalue weighted by atomic mass is 10.1. The number of alkyl halides is 3. The highest BCUT2D eigenvalue weighted by atomic mass is 19.4. The maximum absolute atomic E-state index is 12.5. The van der Waals surface area contributed by atoms with Gasteiger partial charge in [0, 0.05) is 11.8 Å². The summed E-state index contributed by atoms with van der Waals surface area (Å²) in [6.45, 7) is 1.80. The van der Waals surface area contributed by atoms with Crippen molar-refractivity contribution in [2.75, 3.05) is 6.61 Å². The lowest BCUT2D eigenvalue weighted by Gasteiger charge is -2.07. The van der Waals surface area contributed by atoms with Crippen LogP contribution in [0.25, 0.3) is 17.3 Å². The van der Waals surface area contributed by atoms with Crippen LogP contribution >= 0.6 is 0 Å². The summed E-state index contributed by atoms with van der Waals surface area (Å²) in [5.41, 5.74) is 0.626. The zero-order valence-electron chi connectivity index (χ0n) is 13.2. The molecule has 0 aliphatic carbocycles. The number of rotatable bonds is 4. The van der Waals surface area contributed by atoms with E-state index < -0.39 is 17.7 Å². The van der Waals surface area contributed by atoms with Gasteiger partial charge in [-0.05, 0) is 30.7 Å². The molecule has 7 heteroatoms. The van der Waals surface area contributed by atoms with E-state index in [-0.39, 0.29) is 12.2 Å². The number of halogens is 3. The third-order valence-electron chi connectivity index (χ3n) is 3.22. The number of esters is 1. The Morgan fingerprint density at radius 3 is 2.40 bits per heavy atom. The van der Waals surface area contributed by atoms with Crippen LogP contribution in [0.2, 0.25) is 0 Å². The summed E-state index contributed by atoms with van der Waals surface area (Å²) in [6.07, 6.45) is -2.28. The molecule has 2 rings (SSSR count). The van der Waals surface area contributed by atoms with Crippen LogP contribution in [0.15, 0.2) is 48.2 Å². The summed E-state index contributed by atoms with van der Waals surface area (Å²) in [5.74, 6) is -0.710. The van der Waals surface area contributed by atoms with Gasteiger partial charge < -0.3 is 4.74 Å². The normalized spacial score (nSPS) is 11.7. The second-order valence-corrected chi connectivity index (χ2v) is 4.94. The molecule has 0 atom stereocenters. The maximum atomic E-state index is 12.5. The third kappa shape index (κ3) is 4.67. The minimum atomic E-state index is -4.43. The molecule has 2 aromatic rings. The number of aromatic nitrogens is 1. The van der Waals surface area contributed by atoms with Crippen LogP contribution in [0.5, 0.6) is 0 Å². The minimum Gasteiger partial charge on any atom is -0.462 e. The van der Waals surface area contributed by atoms with E-state index >= 15 is 0 Å². The lowest BCUT2D eigenvalue weighted by molar-refractivity contribution is -0.138. The Hall–Kier alpha value is -3.14. The summed E-state index contributed by atoms with van der Waals surface area (Å²) < 4.78 is 42.4. The first-order valence-corrected chi connectivity index (χ1v) is 7.27. The predicted octanol–water partition coefficient (Wildman–Crippen LogP) is 4.24. The van der Waals surface area contributed by atoms with Crippen LogP contribution in [0.4, 0.5) is 13.2 Å². The number of carbonyl (C=O) groups excluding carboxylic acids is 1. The molecule has 0 radical (unpaired) electrons. The van der Waals surface area contributed by atoms with Crippen molar-refractivity contribution < 1.29 is 22.7 Å². The number of ether oxygens (including phenoxy) is 1. The summed E-state index contributed by atoms with van der Waals surface area (Å²) in [7, 11) is 0. The highest BCUT2D eigenvalue weighted by Crippen LogP contribution is 2.29. The molecular weight excluding hydrogens is 333 g/mol. The van der Waals surface area contributed by atoms with Crippen LogP contribution < -0.4 is 0 Å². The number of benzene rings is 1. The summed E-state index contributed by atoms with van der Waals surface area (Å²) in [4.78, 5) is 15.4. The van der Waals surface area contributed by atoms with Crippen molar-refractivity contribution in [2.24, 2.45) is 0 Å². The van der Waals surface area contributed by atoms with Gasteiger partial charge in [0.05, 0.1) is 17.9 Å². The van der Waals surface area contributed by atoms with Gasteiger partial charge in [-0.15, -0.1) is 0 Å². The number of carbonyl (C=O) groups is 1. The average molecular weight is 346 g/mol. The molecule has 0 aliphatic heterocycles. The maximum Gasteiger partial charge on any atom is 0.417 e. The van der Waals surface area contributed by atoms with E-state index in [0.717, 1.165) is 12.3 Å². The topological polar surface area (TPSA) is 63.0 Å². The molecule has 128 valence electrons. The standard InChI is InChI=1S/C18H13F3N2O2/c1-2-25-17(24)14(10-22)9-12-3-5-13(6-4-12)16-8-7-15(11-23-16)18(19,20)21/h3-9,11H,2H2,1H3. The average Bonchev–Trinajstić information content (AvgIpc) is 2.59. The van der Waals surface area contributed by atoms with E-state index in [1.54, 1.807) is 37.3 Å². The van der Waals surface area contributed by atoms with Crippen molar-refractivity contribution in [2.45, 2.75) is 13.1 Å². The molecule has 0 amide bonds. The van der Waals surface area contributed by atoms with Crippen molar-refractivity contribution >= 4 is 12.0 Å². The molecule has 0 saturated heterocycles. The summed E-state index contributed by atoms with van der Waals surface area (Å²) in [6, 6.07) is 10.6. The van der Waals surface area contributed by atoms with Crippen LogP contribution in [-0.2, 0) is 15.7 Å². The monoisotopic (exact) mass is 346 g/mol. The Morgan fingerprint density at radius 2 is 1.92 bits per heavy atom. The summed E-state index contributed by atoms with van der Waals surface area (Å²) >= 11 is 0. The third-order valence-corrected chi connectivity index (χ3v) is 3.22. The Morgan fingerprint density at radius 1 is 1.24 bits per heavy atom. The van der Waals surface area contributed by atoms with E-state index in [1.807, 2.05) is 0 Å². The van der Waals surface area contributed by atoms with Crippen molar-refractivity contribution in [3.63, 3.8) is 0 Å². The van der Waals surface area contributed by atoms with Gasteiger partial charge in [-0.2, -0.15) is 18.4 Å². The zero-order chi connectivity index (χ0) is 18.4. The fraction of sp³-hybridized carbons (Fsp3) is 0.167. The van der Waals surface area contributed by atoms with Gasteiger partial charge in [-0.25, -0.2) is 4.79 Å². The number of pyridine rings is 1. The second-order valence-electron chi connectivity index (χ2n) is 4.94. The van der Waals surface area contributed by atoms with Crippen LogP contribution in [0.3, 0.4) is 0 Å². The number of nitrogens with zero attached hydrogens (tertiary/aromatic N) is 2. The predicted molar refractivity (Wildman–Crippen MR) is 84.9 cm³/mol. The van der Waals surface area contributed by atoms with Crippen molar-refractivity contribution in [3.8, 4) is 17.3 Å². The molecule has 1 aromatic heterocycles. The highest BCUT2D eigenvalue weighted by Gasteiger charge is 2.30. The molecule has 0 fully saturated rings. The highest BCUT2D eigenvalue weighted by molar-refractivity contribution is 5.97. The van der Waals surface area contributed by atoms with E-state index in [9.17, 15) is 18.0 Å². The van der Waals surface area contributed by atoms with Gasteiger partial charge in [-0.3, -0.25) is 4.98 Å². The molecule has 0 saturated carbocycles.